The van der Waals surface area contributed by atoms with Gasteiger partial charge in [0.2, 0.25) is 5.91 Å². The number of anilines is 1. The van der Waals surface area contributed by atoms with E-state index in [1.807, 2.05) is 29.2 Å². The molecule has 0 atom stereocenters. The molecule has 0 spiro atoms. The van der Waals surface area contributed by atoms with Crippen LogP contribution in [0.25, 0.3) is 0 Å². The normalized spacial score (nSPS) is 19.0. The molecule has 2 heterocycles. The van der Waals surface area contributed by atoms with E-state index in [0.717, 1.165) is 37.2 Å². The van der Waals surface area contributed by atoms with Crippen LogP contribution in [0.5, 0.6) is 0 Å². The maximum atomic E-state index is 12.4. The number of benzene rings is 1. The number of nitrogens with zero attached hydrogens (tertiary/aromatic N) is 2. The Morgan fingerprint density at radius 1 is 1.00 bits per heavy atom. The minimum absolute atomic E-state index is 0. The Kier molecular flexibility index (Phi) is 8.17. The topological polar surface area (TPSA) is 49.6 Å². The van der Waals surface area contributed by atoms with Crippen molar-refractivity contribution in [1.82, 2.24) is 9.80 Å². The van der Waals surface area contributed by atoms with Gasteiger partial charge < -0.3 is 15.5 Å². The number of piperidine rings is 1. The van der Waals surface area contributed by atoms with Crippen molar-refractivity contribution in [2.45, 2.75) is 38.1 Å². The summed E-state index contributed by atoms with van der Waals surface area (Å²) in [4.78, 5) is 17.0. The summed E-state index contributed by atoms with van der Waals surface area (Å²) in [6, 6.07) is 8.33. The summed E-state index contributed by atoms with van der Waals surface area (Å²) in [6.45, 7) is 4.33. The second-order valence-electron chi connectivity index (χ2n) is 6.27. The highest BCUT2D eigenvalue weighted by molar-refractivity contribution is 5.85. The van der Waals surface area contributed by atoms with Crippen molar-refractivity contribution in [3.05, 3.63) is 29.8 Å². The van der Waals surface area contributed by atoms with Crippen molar-refractivity contribution in [1.29, 1.82) is 0 Å². The van der Waals surface area contributed by atoms with Gasteiger partial charge in [0.25, 0.3) is 0 Å². The lowest BCUT2D eigenvalue weighted by molar-refractivity contribution is -0.132. The Balaban J connectivity index is 0.00000132. The molecule has 2 N–H and O–H groups in total. The zero-order chi connectivity index (χ0) is 14.7. The lowest BCUT2D eigenvalue weighted by atomic mass is 10.0. The van der Waals surface area contributed by atoms with Crippen LogP contribution in [0.2, 0.25) is 0 Å². The molecule has 2 fully saturated rings. The Labute approximate surface area is 151 Å². The van der Waals surface area contributed by atoms with E-state index < -0.39 is 0 Å². The first kappa shape index (κ1) is 20.1. The molecule has 0 unspecified atom stereocenters. The smallest absolute Gasteiger partial charge is 0.226 e. The van der Waals surface area contributed by atoms with Crippen LogP contribution in [-0.4, -0.2) is 47.9 Å². The average molecular weight is 360 g/mol. The molecule has 4 nitrogen and oxygen atoms in total. The van der Waals surface area contributed by atoms with E-state index in [2.05, 4.69) is 4.90 Å². The molecule has 1 aromatic rings. The fourth-order valence-electron chi connectivity index (χ4n) is 3.51. The maximum Gasteiger partial charge on any atom is 0.226 e. The van der Waals surface area contributed by atoms with Crippen molar-refractivity contribution >= 4 is 36.4 Å². The number of carbonyl (C=O) groups excluding carboxylic acids is 1. The predicted molar refractivity (Wildman–Crippen MR) is 99.5 cm³/mol. The van der Waals surface area contributed by atoms with Crippen LogP contribution in [0.4, 0.5) is 5.69 Å². The summed E-state index contributed by atoms with van der Waals surface area (Å²) in [5, 5.41) is 0. The highest BCUT2D eigenvalue weighted by Crippen LogP contribution is 2.21. The number of halogens is 2. The van der Waals surface area contributed by atoms with Crippen molar-refractivity contribution in [3.63, 3.8) is 0 Å². The van der Waals surface area contributed by atoms with Gasteiger partial charge in [0.15, 0.2) is 0 Å². The zero-order valence-electron chi connectivity index (χ0n) is 13.4. The molecule has 1 aromatic carbocycles. The highest BCUT2D eigenvalue weighted by atomic mass is 35.5. The fraction of sp³-hybridized carbons (Fsp3) is 0.588. The van der Waals surface area contributed by atoms with E-state index >= 15 is 0 Å². The third-order valence-electron chi connectivity index (χ3n) is 4.81. The first-order valence-electron chi connectivity index (χ1n) is 8.08. The van der Waals surface area contributed by atoms with Crippen molar-refractivity contribution in [3.8, 4) is 0 Å². The van der Waals surface area contributed by atoms with Gasteiger partial charge in [0.1, 0.15) is 0 Å². The first-order chi connectivity index (χ1) is 10.2. The number of nitrogens with two attached hydrogens (primary N) is 1. The van der Waals surface area contributed by atoms with Gasteiger partial charge in [-0.3, -0.25) is 4.79 Å². The third kappa shape index (κ3) is 5.27. The minimum atomic E-state index is 0. The maximum absolute atomic E-state index is 12.4. The molecule has 2 aliphatic heterocycles. The lowest BCUT2D eigenvalue weighted by Gasteiger charge is -2.36. The van der Waals surface area contributed by atoms with Crippen LogP contribution in [0.3, 0.4) is 0 Å². The van der Waals surface area contributed by atoms with E-state index in [1.165, 1.54) is 25.9 Å². The average Bonchev–Trinajstić information content (AvgIpc) is 3.04. The van der Waals surface area contributed by atoms with Gasteiger partial charge in [-0.05, 0) is 56.5 Å². The molecule has 0 aromatic heterocycles. The standard InChI is InChI=1S/C17H25N3O.2ClH/c18-15-5-3-14(4-6-15)13-17(21)20-11-7-16(8-12-20)19-9-1-2-10-19;;/h3-6,16H,1-2,7-13,18H2;2*1H. The molecule has 0 radical (unpaired) electrons. The van der Waals surface area contributed by atoms with Crippen LogP contribution < -0.4 is 5.73 Å². The van der Waals surface area contributed by atoms with Gasteiger partial charge in [0, 0.05) is 24.8 Å². The fourth-order valence-corrected chi connectivity index (χ4v) is 3.51. The lowest BCUT2D eigenvalue weighted by Crippen LogP contribution is -2.46. The van der Waals surface area contributed by atoms with E-state index in [4.69, 9.17) is 5.73 Å². The second kappa shape index (κ2) is 9.36. The molecular formula is C17H27Cl2N3O. The van der Waals surface area contributed by atoms with Gasteiger partial charge in [-0.2, -0.15) is 0 Å². The number of hydrogen-bond acceptors (Lipinski definition) is 3. The molecule has 0 aliphatic carbocycles. The Hall–Kier alpha value is -0.970. The molecule has 1 amide bonds. The first-order valence-corrected chi connectivity index (χ1v) is 8.08. The van der Waals surface area contributed by atoms with Crippen LogP contribution >= 0.6 is 24.8 Å². The van der Waals surface area contributed by atoms with Crippen LogP contribution in [0.15, 0.2) is 24.3 Å². The molecule has 6 heteroatoms. The number of hydrogen-bond donors (Lipinski definition) is 1. The van der Waals surface area contributed by atoms with Gasteiger partial charge in [-0.25, -0.2) is 0 Å². The monoisotopic (exact) mass is 359 g/mol. The van der Waals surface area contributed by atoms with E-state index in [-0.39, 0.29) is 30.7 Å². The highest BCUT2D eigenvalue weighted by Gasteiger charge is 2.28. The number of carbonyl (C=O) groups is 1. The number of likely N-dealkylation sites (tertiary alicyclic amines) is 2. The molecule has 0 saturated carbocycles. The summed E-state index contributed by atoms with van der Waals surface area (Å²) in [5.41, 5.74) is 7.47. The quantitative estimate of drug-likeness (QED) is 0.844. The Morgan fingerprint density at radius 3 is 2.13 bits per heavy atom. The van der Waals surface area contributed by atoms with Crippen molar-refractivity contribution in [2.75, 3.05) is 31.9 Å². The number of nitrogen functional groups attached to an aromatic ring is 1. The van der Waals surface area contributed by atoms with Crippen molar-refractivity contribution < 1.29 is 4.79 Å². The summed E-state index contributed by atoms with van der Waals surface area (Å²) >= 11 is 0. The summed E-state index contributed by atoms with van der Waals surface area (Å²) < 4.78 is 0. The largest absolute Gasteiger partial charge is 0.399 e. The Morgan fingerprint density at radius 2 is 1.57 bits per heavy atom. The van der Waals surface area contributed by atoms with Crippen LogP contribution in [-0.2, 0) is 11.2 Å². The van der Waals surface area contributed by atoms with Gasteiger partial charge in [-0.15, -0.1) is 24.8 Å². The summed E-state index contributed by atoms with van der Waals surface area (Å²) in [6.07, 6.45) is 5.45. The molecular weight excluding hydrogens is 333 g/mol. The van der Waals surface area contributed by atoms with E-state index in [1.54, 1.807) is 0 Å². The van der Waals surface area contributed by atoms with Crippen LogP contribution in [0, 0.1) is 0 Å². The summed E-state index contributed by atoms with van der Waals surface area (Å²) in [7, 11) is 0. The van der Waals surface area contributed by atoms with Gasteiger partial charge in [-0.1, -0.05) is 12.1 Å². The Bertz CT molecular complexity index is 481. The predicted octanol–water partition coefficient (Wildman–Crippen LogP) is 2.74. The molecule has 130 valence electrons. The van der Waals surface area contributed by atoms with E-state index in [9.17, 15) is 4.79 Å². The number of rotatable bonds is 3. The van der Waals surface area contributed by atoms with Crippen molar-refractivity contribution in [2.24, 2.45) is 0 Å². The minimum Gasteiger partial charge on any atom is -0.399 e. The molecule has 3 rings (SSSR count). The third-order valence-corrected chi connectivity index (χ3v) is 4.81. The summed E-state index contributed by atoms with van der Waals surface area (Å²) in [5.74, 6) is 0.250. The zero-order valence-corrected chi connectivity index (χ0v) is 15.1. The molecule has 2 aliphatic rings. The number of amides is 1. The second-order valence-corrected chi connectivity index (χ2v) is 6.27. The van der Waals surface area contributed by atoms with Crippen LogP contribution in [0.1, 0.15) is 31.2 Å². The SMILES string of the molecule is Cl.Cl.Nc1ccc(CC(=O)N2CCC(N3CCCC3)CC2)cc1. The molecule has 2 saturated heterocycles. The molecule has 0 bridgehead atoms. The molecule has 23 heavy (non-hydrogen) atoms. The van der Waals surface area contributed by atoms with E-state index in [0.29, 0.717) is 12.5 Å². The van der Waals surface area contributed by atoms with Gasteiger partial charge in [0.05, 0.1) is 6.42 Å². The van der Waals surface area contributed by atoms with Gasteiger partial charge >= 0.3 is 0 Å².